The summed E-state index contributed by atoms with van der Waals surface area (Å²) in [5.41, 5.74) is 1.16. The number of hydrogen-bond acceptors (Lipinski definition) is 4. The molecular weight excluding hydrogens is 274 g/mol. The zero-order valence-corrected chi connectivity index (χ0v) is 12.4. The zero-order valence-electron chi connectivity index (χ0n) is 12.4. The predicted molar refractivity (Wildman–Crippen MR) is 75.1 cm³/mol. The SMILES string of the molecule is Cc1nn(C)cc1C(=O)N(CCC(=O)O)C[C@@H]1CCCO1. The molecule has 7 nitrogen and oxygen atoms in total. The molecule has 1 N–H and O–H groups in total. The standard InChI is InChI=1S/C14H21N3O4/c1-10-12(9-16(2)15-10)14(20)17(6-5-13(18)19)8-11-4-3-7-21-11/h9,11H,3-8H2,1-2H3,(H,18,19)/t11-/m0/s1. The van der Waals surface area contributed by atoms with Gasteiger partial charge in [-0.15, -0.1) is 0 Å². The Labute approximate surface area is 123 Å². The lowest BCUT2D eigenvalue weighted by Gasteiger charge is -2.24. The molecule has 1 aliphatic heterocycles. The van der Waals surface area contributed by atoms with Crippen molar-refractivity contribution in [3.63, 3.8) is 0 Å². The number of amides is 1. The summed E-state index contributed by atoms with van der Waals surface area (Å²) in [6.45, 7) is 3.09. The van der Waals surface area contributed by atoms with Gasteiger partial charge in [0.2, 0.25) is 0 Å². The third-order valence-corrected chi connectivity index (χ3v) is 3.57. The van der Waals surface area contributed by atoms with Crippen LogP contribution in [0.1, 0.15) is 35.3 Å². The summed E-state index contributed by atoms with van der Waals surface area (Å²) >= 11 is 0. The van der Waals surface area contributed by atoms with Crippen LogP contribution in [0.2, 0.25) is 0 Å². The zero-order chi connectivity index (χ0) is 15.4. The van der Waals surface area contributed by atoms with Crippen LogP contribution in [-0.4, -0.2) is 57.5 Å². The fourth-order valence-electron chi connectivity index (χ4n) is 2.52. The number of aromatic nitrogens is 2. The highest BCUT2D eigenvalue weighted by Crippen LogP contribution is 2.16. The van der Waals surface area contributed by atoms with Crippen LogP contribution in [0.5, 0.6) is 0 Å². The Balaban J connectivity index is 2.10. The first kappa shape index (κ1) is 15.5. The van der Waals surface area contributed by atoms with Crippen LogP contribution in [0.15, 0.2) is 6.20 Å². The van der Waals surface area contributed by atoms with E-state index in [9.17, 15) is 9.59 Å². The normalized spacial score (nSPS) is 17.9. The van der Waals surface area contributed by atoms with Gasteiger partial charge in [-0.1, -0.05) is 0 Å². The first-order chi connectivity index (χ1) is 9.97. The fraction of sp³-hybridized carbons (Fsp3) is 0.643. The molecule has 2 heterocycles. The van der Waals surface area contributed by atoms with Crippen molar-refractivity contribution in [1.29, 1.82) is 0 Å². The van der Waals surface area contributed by atoms with E-state index in [-0.39, 0.29) is 25.0 Å². The molecule has 0 spiro atoms. The van der Waals surface area contributed by atoms with Crippen LogP contribution in [0.25, 0.3) is 0 Å². The molecule has 2 rings (SSSR count). The maximum absolute atomic E-state index is 12.6. The number of carboxylic acids is 1. The largest absolute Gasteiger partial charge is 0.481 e. The van der Waals surface area contributed by atoms with Gasteiger partial charge in [0.1, 0.15) is 0 Å². The number of aryl methyl sites for hydroxylation is 2. The number of carbonyl (C=O) groups excluding carboxylic acids is 1. The average Bonchev–Trinajstić information content (AvgIpc) is 3.03. The molecule has 21 heavy (non-hydrogen) atoms. The molecule has 0 saturated carbocycles. The van der Waals surface area contributed by atoms with Gasteiger partial charge < -0.3 is 14.7 Å². The molecule has 1 atom stereocenters. The molecule has 7 heteroatoms. The Kier molecular flexibility index (Phi) is 4.95. The first-order valence-electron chi connectivity index (χ1n) is 7.10. The number of carbonyl (C=O) groups is 2. The lowest BCUT2D eigenvalue weighted by atomic mass is 10.2. The highest BCUT2D eigenvalue weighted by molar-refractivity contribution is 5.95. The summed E-state index contributed by atoms with van der Waals surface area (Å²) < 4.78 is 7.14. The summed E-state index contributed by atoms with van der Waals surface area (Å²) in [6.07, 6.45) is 3.48. The summed E-state index contributed by atoms with van der Waals surface area (Å²) in [7, 11) is 1.76. The second-order valence-electron chi connectivity index (χ2n) is 5.33. The summed E-state index contributed by atoms with van der Waals surface area (Å²) in [6, 6.07) is 0. The Hall–Kier alpha value is -1.89. The Morgan fingerprint density at radius 3 is 2.86 bits per heavy atom. The summed E-state index contributed by atoms with van der Waals surface area (Å²) in [4.78, 5) is 25.0. The number of nitrogens with zero attached hydrogens (tertiary/aromatic N) is 3. The van der Waals surface area contributed by atoms with Crippen molar-refractivity contribution >= 4 is 11.9 Å². The van der Waals surface area contributed by atoms with Crippen molar-refractivity contribution in [2.75, 3.05) is 19.7 Å². The molecule has 1 aromatic rings. The van der Waals surface area contributed by atoms with Gasteiger partial charge >= 0.3 is 5.97 Å². The van der Waals surface area contributed by atoms with Crippen LogP contribution in [0.3, 0.4) is 0 Å². The van der Waals surface area contributed by atoms with E-state index in [1.807, 2.05) is 0 Å². The van der Waals surface area contributed by atoms with E-state index in [0.717, 1.165) is 12.8 Å². The van der Waals surface area contributed by atoms with E-state index in [1.165, 1.54) is 0 Å². The molecule has 0 unspecified atom stereocenters. The Morgan fingerprint density at radius 1 is 1.57 bits per heavy atom. The number of ether oxygens (including phenoxy) is 1. The highest BCUT2D eigenvalue weighted by atomic mass is 16.5. The molecule has 1 amide bonds. The topological polar surface area (TPSA) is 84.7 Å². The van der Waals surface area contributed by atoms with Crippen LogP contribution in [0.4, 0.5) is 0 Å². The van der Waals surface area contributed by atoms with Crippen LogP contribution in [-0.2, 0) is 16.6 Å². The van der Waals surface area contributed by atoms with Crippen molar-refractivity contribution in [2.24, 2.45) is 7.05 Å². The van der Waals surface area contributed by atoms with Crippen molar-refractivity contribution in [3.05, 3.63) is 17.5 Å². The summed E-state index contributed by atoms with van der Waals surface area (Å²) in [5.74, 6) is -1.10. The quantitative estimate of drug-likeness (QED) is 0.840. The second-order valence-corrected chi connectivity index (χ2v) is 5.33. The molecule has 116 valence electrons. The minimum absolute atomic E-state index is 0.000257. The smallest absolute Gasteiger partial charge is 0.305 e. The van der Waals surface area contributed by atoms with E-state index < -0.39 is 5.97 Å². The minimum atomic E-state index is -0.914. The lowest BCUT2D eigenvalue weighted by molar-refractivity contribution is -0.137. The van der Waals surface area contributed by atoms with Gasteiger partial charge in [0.05, 0.1) is 23.8 Å². The molecule has 1 saturated heterocycles. The molecule has 0 radical (unpaired) electrons. The lowest BCUT2D eigenvalue weighted by Crippen LogP contribution is -2.39. The van der Waals surface area contributed by atoms with Crippen molar-refractivity contribution in [2.45, 2.75) is 32.3 Å². The van der Waals surface area contributed by atoms with Crippen molar-refractivity contribution in [1.82, 2.24) is 14.7 Å². The van der Waals surface area contributed by atoms with Crippen molar-refractivity contribution < 1.29 is 19.4 Å². The van der Waals surface area contributed by atoms with E-state index in [2.05, 4.69) is 5.10 Å². The Bertz CT molecular complexity index is 520. The van der Waals surface area contributed by atoms with Crippen LogP contribution >= 0.6 is 0 Å². The van der Waals surface area contributed by atoms with Gasteiger partial charge in [-0.25, -0.2) is 0 Å². The van der Waals surface area contributed by atoms with Gasteiger partial charge in [0.15, 0.2) is 0 Å². The molecule has 0 bridgehead atoms. The summed E-state index contributed by atoms with van der Waals surface area (Å²) in [5, 5.41) is 13.0. The highest BCUT2D eigenvalue weighted by Gasteiger charge is 2.25. The van der Waals surface area contributed by atoms with Gasteiger partial charge in [-0.3, -0.25) is 14.3 Å². The Morgan fingerprint density at radius 2 is 2.33 bits per heavy atom. The molecule has 1 aliphatic rings. The molecule has 1 fully saturated rings. The van der Waals surface area contributed by atoms with Crippen LogP contribution in [0, 0.1) is 6.92 Å². The number of hydrogen-bond donors (Lipinski definition) is 1. The van der Waals surface area contributed by atoms with Gasteiger partial charge in [0, 0.05) is 32.9 Å². The van der Waals surface area contributed by atoms with E-state index in [1.54, 1.807) is 29.7 Å². The molecular formula is C14H21N3O4. The first-order valence-corrected chi connectivity index (χ1v) is 7.10. The minimum Gasteiger partial charge on any atom is -0.481 e. The third-order valence-electron chi connectivity index (χ3n) is 3.57. The number of aliphatic carboxylic acids is 1. The van der Waals surface area contributed by atoms with E-state index in [0.29, 0.717) is 24.4 Å². The van der Waals surface area contributed by atoms with Gasteiger partial charge in [-0.05, 0) is 19.8 Å². The van der Waals surface area contributed by atoms with Gasteiger partial charge in [0.25, 0.3) is 5.91 Å². The third kappa shape index (κ3) is 4.04. The maximum atomic E-state index is 12.6. The van der Waals surface area contributed by atoms with E-state index >= 15 is 0 Å². The molecule has 1 aromatic heterocycles. The van der Waals surface area contributed by atoms with E-state index in [4.69, 9.17) is 9.84 Å². The maximum Gasteiger partial charge on any atom is 0.305 e. The van der Waals surface area contributed by atoms with Crippen LogP contribution < -0.4 is 0 Å². The van der Waals surface area contributed by atoms with Gasteiger partial charge in [-0.2, -0.15) is 5.10 Å². The fourth-order valence-corrected chi connectivity index (χ4v) is 2.52. The molecule has 0 aromatic carbocycles. The number of rotatable bonds is 6. The van der Waals surface area contributed by atoms with Crippen molar-refractivity contribution in [3.8, 4) is 0 Å². The average molecular weight is 295 g/mol. The second kappa shape index (κ2) is 6.71. The monoisotopic (exact) mass is 295 g/mol. The predicted octanol–water partition coefficient (Wildman–Crippen LogP) is 0.824. The molecule has 0 aliphatic carbocycles. The number of carboxylic acid groups (broad SMARTS) is 1.